The van der Waals surface area contributed by atoms with Crippen LogP contribution in [0, 0.1) is 23.2 Å². The van der Waals surface area contributed by atoms with Gasteiger partial charge in [-0.25, -0.2) is 4.79 Å². The third-order valence-corrected chi connectivity index (χ3v) is 4.57. The van der Waals surface area contributed by atoms with E-state index >= 15 is 0 Å². The highest BCUT2D eigenvalue weighted by atomic mass is 16.2. The van der Waals surface area contributed by atoms with Gasteiger partial charge in [0.15, 0.2) is 0 Å². The van der Waals surface area contributed by atoms with Crippen molar-refractivity contribution in [1.82, 2.24) is 10.6 Å². The number of nitrogens with one attached hydrogen (secondary N) is 2. The first-order valence-electron chi connectivity index (χ1n) is 7.39. The Hall–Kier alpha value is -0.730. The molecule has 0 aliphatic heterocycles. The van der Waals surface area contributed by atoms with Crippen LogP contribution in [0.3, 0.4) is 0 Å². The van der Waals surface area contributed by atoms with Gasteiger partial charge in [0.25, 0.3) is 0 Å². The second kappa shape index (κ2) is 5.10. The van der Waals surface area contributed by atoms with E-state index in [9.17, 15) is 4.79 Å². The molecule has 3 heteroatoms. The lowest BCUT2D eigenvalue weighted by atomic mass is 9.84. The summed E-state index contributed by atoms with van der Waals surface area (Å²) in [5.74, 6) is 2.53. The number of rotatable bonds is 3. The van der Waals surface area contributed by atoms with Crippen LogP contribution in [-0.4, -0.2) is 18.6 Å². The second-order valence-corrected chi connectivity index (χ2v) is 7.52. The molecule has 2 N–H and O–H groups in total. The smallest absolute Gasteiger partial charge is 0.315 e. The highest BCUT2D eigenvalue weighted by Crippen LogP contribution is 2.49. The van der Waals surface area contributed by atoms with Crippen LogP contribution in [0.2, 0.25) is 0 Å². The molecule has 0 aromatic rings. The summed E-state index contributed by atoms with van der Waals surface area (Å²) >= 11 is 0. The maximum Gasteiger partial charge on any atom is 0.315 e. The number of hydrogen-bond acceptors (Lipinski definition) is 1. The van der Waals surface area contributed by atoms with Crippen molar-refractivity contribution in [2.45, 2.75) is 59.4 Å². The molecule has 0 saturated heterocycles. The van der Waals surface area contributed by atoms with Crippen LogP contribution in [0.5, 0.6) is 0 Å². The van der Waals surface area contributed by atoms with Gasteiger partial charge in [-0.05, 0) is 49.4 Å². The quantitative estimate of drug-likeness (QED) is 0.796. The van der Waals surface area contributed by atoms with E-state index in [1.807, 2.05) is 0 Å². The zero-order valence-electron chi connectivity index (χ0n) is 12.3. The van der Waals surface area contributed by atoms with Crippen LogP contribution in [0.15, 0.2) is 0 Å². The minimum atomic E-state index is 0.000184. The Labute approximate surface area is 111 Å². The molecule has 2 aliphatic carbocycles. The molecule has 0 aromatic heterocycles. The molecule has 104 valence electrons. The Bertz CT molecular complexity index is 308. The van der Waals surface area contributed by atoms with Crippen molar-refractivity contribution in [2.24, 2.45) is 23.2 Å². The van der Waals surface area contributed by atoms with Crippen molar-refractivity contribution < 1.29 is 4.79 Å². The number of carbonyl (C=O) groups excluding carboxylic acids is 1. The Morgan fingerprint density at radius 3 is 2.50 bits per heavy atom. The molecule has 0 aromatic carbocycles. The van der Waals surface area contributed by atoms with Gasteiger partial charge in [-0.2, -0.15) is 0 Å². The van der Waals surface area contributed by atoms with Crippen LogP contribution in [-0.2, 0) is 0 Å². The van der Waals surface area contributed by atoms with Gasteiger partial charge in [-0.15, -0.1) is 0 Å². The molecule has 0 radical (unpaired) electrons. The lowest BCUT2D eigenvalue weighted by molar-refractivity contribution is 0.216. The van der Waals surface area contributed by atoms with Crippen LogP contribution in [0.25, 0.3) is 0 Å². The van der Waals surface area contributed by atoms with Crippen LogP contribution < -0.4 is 10.6 Å². The van der Waals surface area contributed by atoms with Gasteiger partial charge in [0, 0.05) is 12.6 Å². The first kappa shape index (κ1) is 13.7. The number of fused-ring (bicyclic) bond motifs is 2. The largest absolute Gasteiger partial charge is 0.338 e. The van der Waals surface area contributed by atoms with E-state index in [2.05, 4.69) is 38.3 Å². The molecule has 2 saturated carbocycles. The van der Waals surface area contributed by atoms with Gasteiger partial charge < -0.3 is 10.6 Å². The molecule has 18 heavy (non-hydrogen) atoms. The summed E-state index contributed by atoms with van der Waals surface area (Å²) in [4.78, 5) is 11.8. The minimum absolute atomic E-state index is 0.000184. The summed E-state index contributed by atoms with van der Waals surface area (Å²) in [6, 6.07) is 0.320. The fourth-order valence-electron chi connectivity index (χ4n) is 3.62. The SMILES string of the molecule is CC(NC(=O)NCC(C)(C)C)C1CC2CCC1C2. The number of urea groups is 1. The van der Waals surface area contributed by atoms with Crippen molar-refractivity contribution in [3.05, 3.63) is 0 Å². The van der Waals surface area contributed by atoms with Gasteiger partial charge in [-0.3, -0.25) is 0 Å². The summed E-state index contributed by atoms with van der Waals surface area (Å²) in [5, 5.41) is 6.10. The lowest BCUT2D eigenvalue weighted by Gasteiger charge is -2.29. The zero-order valence-corrected chi connectivity index (χ0v) is 12.3. The molecular formula is C15H28N2O. The fraction of sp³-hybridized carbons (Fsp3) is 0.933. The van der Waals surface area contributed by atoms with Gasteiger partial charge in [0.05, 0.1) is 0 Å². The molecule has 2 amide bonds. The normalized spacial score (nSPS) is 32.3. The fourth-order valence-corrected chi connectivity index (χ4v) is 3.62. The first-order valence-corrected chi connectivity index (χ1v) is 7.39. The third-order valence-electron chi connectivity index (χ3n) is 4.57. The highest BCUT2D eigenvalue weighted by Gasteiger charge is 2.42. The molecule has 3 nitrogen and oxygen atoms in total. The van der Waals surface area contributed by atoms with Crippen molar-refractivity contribution in [3.63, 3.8) is 0 Å². The molecule has 0 heterocycles. The summed E-state index contributed by atoms with van der Waals surface area (Å²) in [6.45, 7) is 9.29. The molecule has 2 bridgehead atoms. The van der Waals surface area contributed by atoms with E-state index in [-0.39, 0.29) is 11.4 Å². The monoisotopic (exact) mass is 252 g/mol. The Morgan fingerprint density at radius 2 is 2.00 bits per heavy atom. The molecule has 2 aliphatic rings. The molecule has 0 spiro atoms. The second-order valence-electron chi connectivity index (χ2n) is 7.52. The minimum Gasteiger partial charge on any atom is -0.338 e. The highest BCUT2D eigenvalue weighted by molar-refractivity contribution is 5.74. The summed E-state index contributed by atoms with van der Waals surface area (Å²) in [7, 11) is 0. The van der Waals surface area contributed by atoms with Gasteiger partial charge in [-0.1, -0.05) is 27.2 Å². The van der Waals surface area contributed by atoms with Crippen LogP contribution >= 0.6 is 0 Å². The topological polar surface area (TPSA) is 41.1 Å². The van der Waals surface area contributed by atoms with E-state index in [4.69, 9.17) is 0 Å². The van der Waals surface area contributed by atoms with E-state index in [1.54, 1.807) is 0 Å². The number of amides is 2. The first-order chi connectivity index (χ1) is 8.35. The van der Waals surface area contributed by atoms with Gasteiger partial charge >= 0.3 is 6.03 Å². The molecular weight excluding hydrogens is 224 g/mol. The predicted octanol–water partition coefficient (Wildman–Crippen LogP) is 3.16. The Balaban J connectivity index is 1.74. The standard InChI is InChI=1S/C15H28N2O/c1-10(13-8-11-5-6-12(13)7-11)17-14(18)16-9-15(2,3)4/h10-13H,5-9H2,1-4H3,(H2,16,17,18). The molecule has 4 atom stereocenters. The van der Waals surface area contributed by atoms with Crippen molar-refractivity contribution in [3.8, 4) is 0 Å². The maximum absolute atomic E-state index is 11.8. The lowest BCUT2D eigenvalue weighted by Crippen LogP contribution is -2.47. The van der Waals surface area contributed by atoms with E-state index in [0.29, 0.717) is 12.0 Å². The molecule has 2 rings (SSSR count). The van der Waals surface area contributed by atoms with Crippen molar-refractivity contribution >= 4 is 6.03 Å². The van der Waals surface area contributed by atoms with E-state index in [1.165, 1.54) is 25.7 Å². The summed E-state index contributed by atoms with van der Waals surface area (Å²) in [5.41, 5.74) is 0.146. The Morgan fingerprint density at radius 1 is 1.28 bits per heavy atom. The predicted molar refractivity (Wildman–Crippen MR) is 74.4 cm³/mol. The van der Waals surface area contributed by atoms with Gasteiger partial charge in [0.2, 0.25) is 0 Å². The maximum atomic E-state index is 11.8. The average Bonchev–Trinajstić information content (AvgIpc) is 2.87. The molecule has 2 fully saturated rings. The van der Waals surface area contributed by atoms with E-state index in [0.717, 1.165) is 18.4 Å². The average molecular weight is 252 g/mol. The zero-order chi connectivity index (χ0) is 13.3. The number of carbonyl (C=O) groups is 1. The van der Waals surface area contributed by atoms with E-state index < -0.39 is 0 Å². The number of hydrogen-bond donors (Lipinski definition) is 2. The van der Waals surface area contributed by atoms with Gasteiger partial charge in [0.1, 0.15) is 0 Å². The summed E-state index contributed by atoms with van der Waals surface area (Å²) < 4.78 is 0. The van der Waals surface area contributed by atoms with Crippen LogP contribution in [0.1, 0.15) is 53.4 Å². The Kier molecular flexibility index (Phi) is 3.88. The molecule has 4 unspecified atom stereocenters. The van der Waals surface area contributed by atoms with Crippen LogP contribution in [0.4, 0.5) is 4.79 Å². The van der Waals surface area contributed by atoms with Crippen molar-refractivity contribution in [2.75, 3.05) is 6.54 Å². The summed E-state index contributed by atoms with van der Waals surface area (Å²) in [6.07, 6.45) is 5.53. The van der Waals surface area contributed by atoms with Crippen molar-refractivity contribution in [1.29, 1.82) is 0 Å². The third kappa shape index (κ3) is 3.39.